The molecule has 0 saturated carbocycles. The van der Waals surface area contributed by atoms with E-state index in [0.717, 1.165) is 82.8 Å². The number of carbonyl (C=O) groups excluding carboxylic acids is 1. The number of rotatable bonds is 13. The number of hydrogen-bond donors (Lipinski definition) is 1. The highest BCUT2D eigenvalue weighted by Gasteiger charge is 2.35. The fourth-order valence-electron chi connectivity index (χ4n) is 5.43. The molecule has 0 aliphatic carbocycles. The number of hydrogen-bond acceptors (Lipinski definition) is 6. The lowest BCUT2D eigenvalue weighted by molar-refractivity contribution is -0.132. The average Bonchev–Trinajstić information content (AvgIpc) is 3.60. The topological polar surface area (TPSA) is 63.3 Å². The summed E-state index contributed by atoms with van der Waals surface area (Å²) in [4.78, 5) is 18.0. The van der Waals surface area contributed by atoms with Crippen molar-refractivity contribution in [1.82, 2.24) is 15.1 Å². The van der Waals surface area contributed by atoms with Gasteiger partial charge in [-0.15, -0.1) is 0 Å². The van der Waals surface area contributed by atoms with E-state index >= 15 is 0 Å². The molecule has 0 spiro atoms. The maximum atomic E-state index is 13.4. The maximum absolute atomic E-state index is 13.4. The van der Waals surface area contributed by atoms with Crippen LogP contribution in [0.1, 0.15) is 76.7 Å². The number of benzene rings is 1. The normalized spacial score (nSPS) is 24.1. The molecule has 34 heavy (non-hydrogen) atoms. The molecule has 1 amide bonds. The standard InChI is InChI=1S/C27H43N3O4/c1-3-5-7-14-29(13-6-4-2)27(31)19-30-18-22(16-23(30)9-11-26-28-12-15-32-26)21-8-10-24-25(17-21)34-20-33-24/h8,10,17,22-23,26,28H,3-7,9,11-16,18-20H2,1-2H3. The molecule has 3 atom stereocenters. The van der Waals surface area contributed by atoms with Crippen LogP contribution < -0.4 is 14.8 Å². The predicted octanol–water partition coefficient (Wildman–Crippen LogP) is 4.12. The van der Waals surface area contributed by atoms with Crippen LogP contribution >= 0.6 is 0 Å². The minimum Gasteiger partial charge on any atom is -0.454 e. The Morgan fingerprint density at radius 2 is 1.91 bits per heavy atom. The van der Waals surface area contributed by atoms with E-state index in [2.05, 4.69) is 41.1 Å². The van der Waals surface area contributed by atoms with Crippen LogP contribution in [-0.2, 0) is 9.53 Å². The van der Waals surface area contributed by atoms with Gasteiger partial charge in [0.15, 0.2) is 11.5 Å². The Hall–Kier alpha value is -1.83. The van der Waals surface area contributed by atoms with E-state index in [1.807, 2.05) is 6.07 Å². The van der Waals surface area contributed by atoms with Crippen LogP contribution in [0.15, 0.2) is 18.2 Å². The molecule has 4 rings (SSSR count). The number of carbonyl (C=O) groups is 1. The lowest BCUT2D eigenvalue weighted by Crippen LogP contribution is -2.43. The van der Waals surface area contributed by atoms with E-state index in [1.165, 1.54) is 18.4 Å². The van der Waals surface area contributed by atoms with Gasteiger partial charge in [-0.05, 0) is 55.7 Å². The molecular formula is C27H43N3O4. The number of unbranched alkanes of at least 4 members (excludes halogenated alkanes) is 3. The van der Waals surface area contributed by atoms with E-state index < -0.39 is 0 Å². The van der Waals surface area contributed by atoms with Crippen molar-refractivity contribution in [1.29, 1.82) is 0 Å². The number of ether oxygens (including phenoxy) is 3. The van der Waals surface area contributed by atoms with Gasteiger partial charge < -0.3 is 19.1 Å². The fourth-order valence-corrected chi connectivity index (χ4v) is 5.43. The van der Waals surface area contributed by atoms with E-state index in [-0.39, 0.29) is 12.1 Å². The first kappa shape index (κ1) is 25.3. The van der Waals surface area contributed by atoms with Gasteiger partial charge in [0.05, 0.1) is 13.2 Å². The summed E-state index contributed by atoms with van der Waals surface area (Å²) >= 11 is 0. The Morgan fingerprint density at radius 3 is 2.71 bits per heavy atom. The molecule has 7 nitrogen and oxygen atoms in total. The van der Waals surface area contributed by atoms with Crippen molar-refractivity contribution < 1.29 is 19.0 Å². The molecule has 3 aliphatic rings. The molecule has 1 aromatic rings. The number of nitrogens with one attached hydrogen (secondary N) is 1. The summed E-state index contributed by atoms with van der Waals surface area (Å²) in [7, 11) is 0. The zero-order valence-electron chi connectivity index (χ0n) is 21.1. The van der Waals surface area contributed by atoms with E-state index in [1.54, 1.807) is 0 Å². The molecule has 2 saturated heterocycles. The van der Waals surface area contributed by atoms with Crippen LogP contribution in [0.3, 0.4) is 0 Å². The van der Waals surface area contributed by atoms with Gasteiger partial charge in [0.25, 0.3) is 0 Å². The first-order chi connectivity index (χ1) is 16.7. The van der Waals surface area contributed by atoms with Gasteiger partial charge in [-0.1, -0.05) is 39.2 Å². The van der Waals surface area contributed by atoms with Crippen LogP contribution in [0.4, 0.5) is 0 Å². The molecule has 0 bridgehead atoms. The molecule has 3 aliphatic heterocycles. The summed E-state index contributed by atoms with van der Waals surface area (Å²) in [5, 5.41) is 3.43. The van der Waals surface area contributed by atoms with Gasteiger partial charge in [0, 0.05) is 32.2 Å². The highest BCUT2D eigenvalue weighted by Crippen LogP contribution is 2.39. The molecule has 7 heteroatoms. The summed E-state index contributed by atoms with van der Waals surface area (Å²) in [6.45, 7) is 9.62. The molecule has 1 aromatic carbocycles. The lowest BCUT2D eigenvalue weighted by Gasteiger charge is -2.29. The molecule has 3 unspecified atom stereocenters. The van der Waals surface area contributed by atoms with Crippen molar-refractivity contribution in [2.75, 3.05) is 46.1 Å². The fraction of sp³-hybridized carbons (Fsp3) is 0.741. The smallest absolute Gasteiger partial charge is 0.236 e. The Balaban J connectivity index is 1.42. The van der Waals surface area contributed by atoms with Gasteiger partial charge in [-0.2, -0.15) is 0 Å². The maximum Gasteiger partial charge on any atom is 0.236 e. The monoisotopic (exact) mass is 473 g/mol. The summed E-state index contributed by atoms with van der Waals surface area (Å²) in [5.41, 5.74) is 1.28. The van der Waals surface area contributed by atoms with E-state index in [9.17, 15) is 4.79 Å². The second-order valence-electron chi connectivity index (χ2n) is 9.96. The molecule has 2 fully saturated rings. The van der Waals surface area contributed by atoms with Crippen LogP contribution in [0.25, 0.3) is 0 Å². The highest BCUT2D eigenvalue weighted by molar-refractivity contribution is 5.78. The van der Waals surface area contributed by atoms with Gasteiger partial charge in [-0.3, -0.25) is 15.0 Å². The summed E-state index contributed by atoms with van der Waals surface area (Å²) < 4.78 is 16.9. The average molecular weight is 474 g/mol. The molecule has 1 N–H and O–H groups in total. The third kappa shape index (κ3) is 6.64. The largest absolute Gasteiger partial charge is 0.454 e. The Morgan fingerprint density at radius 1 is 1.09 bits per heavy atom. The third-order valence-electron chi connectivity index (χ3n) is 7.46. The van der Waals surface area contributed by atoms with Crippen LogP contribution in [-0.4, -0.2) is 74.1 Å². The first-order valence-electron chi connectivity index (χ1n) is 13.4. The second-order valence-corrected chi connectivity index (χ2v) is 9.96. The van der Waals surface area contributed by atoms with Crippen molar-refractivity contribution in [3.05, 3.63) is 23.8 Å². The van der Waals surface area contributed by atoms with Crippen molar-refractivity contribution in [2.24, 2.45) is 0 Å². The van der Waals surface area contributed by atoms with Crippen molar-refractivity contribution in [3.8, 4) is 11.5 Å². The Labute approximate surface area is 205 Å². The minimum atomic E-state index is 0.150. The minimum absolute atomic E-state index is 0.150. The van der Waals surface area contributed by atoms with Crippen LogP contribution in [0.5, 0.6) is 11.5 Å². The number of likely N-dealkylation sites (tertiary alicyclic amines) is 1. The lowest BCUT2D eigenvalue weighted by atomic mass is 9.94. The van der Waals surface area contributed by atoms with Gasteiger partial charge >= 0.3 is 0 Å². The van der Waals surface area contributed by atoms with Gasteiger partial charge in [-0.25, -0.2) is 0 Å². The SMILES string of the molecule is CCCCCN(CCCC)C(=O)CN1CC(c2ccc3c(c2)OCO3)CC1CCC1NCCO1. The summed E-state index contributed by atoms with van der Waals surface area (Å²) in [6.07, 6.45) is 8.88. The predicted molar refractivity (Wildman–Crippen MR) is 133 cm³/mol. The molecule has 0 radical (unpaired) electrons. The zero-order chi connectivity index (χ0) is 23.8. The number of nitrogens with zero attached hydrogens (tertiary/aromatic N) is 2. The number of fused-ring (bicyclic) bond motifs is 1. The zero-order valence-corrected chi connectivity index (χ0v) is 21.1. The third-order valence-corrected chi connectivity index (χ3v) is 7.46. The van der Waals surface area contributed by atoms with Crippen molar-refractivity contribution >= 4 is 5.91 Å². The van der Waals surface area contributed by atoms with Crippen LogP contribution in [0.2, 0.25) is 0 Å². The Bertz CT molecular complexity index is 783. The van der Waals surface area contributed by atoms with E-state index in [4.69, 9.17) is 14.2 Å². The second kappa shape index (κ2) is 12.8. The van der Waals surface area contributed by atoms with Crippen molar-refractivity contribution in [3.63, 3.8) is 0 Å². The first-order valence-corrected chi connectivity index (χ1v) is 13.4. The van der Waals surface area contributed by atoms with Crippen molar-refractivity contribution in [2.45, 2.75) is 83.4 Å². The quantitative estimate of drug-likeness (QED) is 0.435. The van der Waals surface area contributed by atoms with Gasteiger partial charge in [0.2, 0.25) is 12.7 Å². The summed E-state index contributed by atoms with van der Waals surface area (Å²) in [5.74, 6) is 2.35. The van der Waals surface area contributed by atoms with E-state index in [0.29, 0.717) is 25.3 Å². The highest BCUT2D eigenvalue weighted by atomic mass is 16.7. The van der Waals surface area contributed by atoms with Gasteiger partial charge in [0.1, 0.15) is 6.23 Å². The molecule has 3 heterocycles. The summed E-state index contributed by atoms with van der Waals surface area (Å²) in [6, 6.07) is 6.71. The number of amides is 1. The molecule has 190 valence electrons. The van der Waals surface area contributed by atoms with Crippen LogP contribution in [0, 0.1) is 0 Å². The molecule has 0 aromatic heterocycles. The Kier molecular flexibility index (Phi) is 9.48. The molecular weight excluding hydrogens is 430 g/mol.